The van der Waals surface area contributed by atoms with Crippen molar-refractivity contribution < 1.29 is 13.2 Å². The molecule has 0 bridgehead atoms. The molecule has 5 rings (SSSR count). The van der Waals surface area contributed by atoms with E-state index in [1.807, 2.05) is 54.0 Å². The van der Waals surface area contributed by atoms with Gasteiger partial charge >= 0.3 is 0 Å². The van der Waals surface area contributed by atoms with Crippen molar-refractivity contribution in [3.05, 3.63) is 87.1 Å². The summed E-state index contributed by atoms with van der Waals surface area (Å²) < 4.78 is 31.8. The molecular weight excluding hydrogens is 522 g/mol. The Morgan fingerprint density at radius 3 is 2.61 bits per heavy atom. The van der Waals surface area contributed by atoms with Gasteiger partial charge in [0.25, 0.3) is 15.9 Å². The van der Waals surface area contributed by atoms with Crippen molar-refractivity contribution >= 4 is 59.1 Å². The SMILES string of the molecule is CCn1c(=NC(=O)c2ccc(S(=O)(=O)N3CCc4ccccc43)cc2)sc2cc(Br)ccc21. The second-order valence-corrected chi connectivity index (χ2v) is 11.4. The molecule has 2 heterocycles. The lowest BCUT2D eigenvalue weighted by Crippen LogP contribution is -2.29. The van der Waals surface area contributed by atoms with Crippen LogP contribution in [-0.4, -0.2) is 25.4 Å². The zero-order valence-electron chi connectivity index (χ0n) is 17.7. The Balaban J connectivity index is 1.46. The van der Waals surface area contributed by atoms with E-state index in [0.717, 1.165) is 20.3 Å². The van der Waals surface area contributed by atoms with Crippen LogP contribution >= 0.6 is 27.3 Å². The van der Waals surface area contributed by atoms with Gasteiger partial charge in [-0.25, -0.2) is 8.42 Å². The lowest BCUT2D eigenvalue weighted by Gasteiger charge is -2.19. The van der Waals surface area contributed by atoms with Gasteiger partial charge in [0.15, 0.2) is 4.80 Å². The van der Waals surface area contributed by atoms with E-state index in [9.17, 15) is 13.2 Å². The Bertz CT molecular complexity index is 1550. The van der Waals surface area contributed by atoms with E-state index in [0.29, 0.717) is 35.6 Å². The number of aromatic nitrogens is 1. The first-order valence-electron chi connectivity index (χ1n) is 10.5. The summed E-state index contributed by atoms with van der Waals surface area (Å²) in [6.07, 6.45) is 0.689. The summed E-state index contributed by atoms with van der Waals surface area (Å²) in [7, 11) is -3.70. The first-order chi connectivity index (χ1) is 15.9. The zero-order valence-corrected chi connectivity index (χ0v) is 21.0. The summed E-state index contributed by atoms with van der Waals surface area (Å²) in [6, 6.07) is 19.5. The van der Waals surface area contributed by atoms with Crippen LogP contribution in [0.1, 0.15) is 22.8 Å². The van der Waals surface area contributed by atoms with Gasteiger partial charge < -0.3 is 4.57 Å². The molecule has 1 aromatic heterocycles. The maximum Gasteiger partial charge on any atom is 0.279 e. The number of aryl methyl sites for hydroxylation is 1. The number of carbonyl (C=O) groups is 1. The number of sulfonamides is 1. The van der Waals surface area contributed by atoms with E-state index in [1.54, 1.807) is 0 Å². The highest BCUT2D eigenvalue weighted by molar-refractivity contribution is 9.10. The van der Waals surface area contributed by atoms with Crippen LogP contribution in [0.4, 0.5) is 5.69 Å². The van der Waals surface area contributed by atoms with Gasteiger partial charge in [0, 0.05) is 23.1 Å². The number of para-hydroxylation sites is 1. The second-order valence-electron chi connectivity index (χ2n) is 7.64. The molecule has 0 spiro atoms. The van der Waals surface area contributed by atoms with Gasteiger partial charge in [-0.2, -0.15) is 4.99 Å². The number of carbonyl (C=O) groups excluding carboxylic acids is 1. The van der Waals surface area contributed by atoms with E-state index in [2.05, 4.69) is 20.9 Å². The van der Waals surface area contributed by atoms with Crippen molar-refractivity contribution in [1.29, 1.82) is 0 Å². The van der Waals surface area contributed by atoms with Gasteiger partial charge in [-0.1, -0.05) is 45.5 Å². The number of hydrogen-bond donors (Lipinski definition) is 0. The molecule has 0 saturated heterocycles. The first kappa shape index (κ1) is 22.1. The summed E-state index contributed by atoms with van der Waals surface area (Å²) in [4.78, 5) is 18.0. The number of halogens is 1. The molecule has 9 heteroatoms. The van der Waals surface area contributed by atoms with Crippen LogP contribution in [0, 0.1) is 0 Å². The van der Waals surface area contributed by atoms with Crippen LogP contribution in [0.3, 0.4) is 0 Å². The van der Waals surface area contributed by atoms with Crippen LogP contribution in [0.5, 0.6) is 0 Å². The molecule has 4 aromatic rings. The number of rotatable bonds is 4. The number of hydrogen-bond acceptors (Lipinski definition) is 4. The molecule has 0 fully saturated rings. The standard InChI is InChI=1S/C24H20BrN3O3S2/c1-2-27-21-12-9-18(25)15-22(21)32-24(27)26-23(29)17-7-10-19(11-8-17)33(30,31)28-14-13-16-5-3-4-6-20(16)28/h3-12,15H,2,13-14H2,1H3. The van der Waals surface area contributed by atoms with Crippen LogP contribution in [0.25, 0.3) is 10.2 Å². The number of anilines is 1. The van der Waals surface area contributed by atoms with Crippen LogP contribution in [0.15, 0.2) is 81.1 Å². The third-order valence-electron chi connectivity index (χ3n) is 5.69. The third kappa shape index (κ3) is 3.94. The van der Waals surface area contributed by atoms with Crippen LogP contribution < -0.4 is 9.11 Å². The van der Waals surface area contributed by atoms with Gasteiger partial charge in [-0.3, -0.25) is 9.10 Å². The second kappa shape index (κ2) is 8.55. The molecule has 1 aliphatic heterocycles. The molecule has 3 aromatic carbocycles. The summed E-state index contributed by atoms with van der Waals surface area (Å²) >= 11 is 4.93. The predicted octanol–water partition coefficient (Wildman–Crippen LogP) is 4.98. The van der Waals surface area contributed by atoms with Gasteiger partial charge in [0.1, 0.15) is 0 Å². The average Bonchev–Trinajstić information content (AvgIpc) is 3.40. The topological polar surface area (TPSA) is 71.7 Å². The first-order valence-corrected chi connectivity index (χ1v) is 13.5. The van der Waals surface area contributed by atoms with Gasteiger partial charge in [0.2, 0.25) is 0 Å². The van der Waals surface area contributed by atoms with E-state index in [4.69, 9.17) is 0 Å². The Morgan fingerprint density at radius 1 is 1.09 bits per heavy atom. The highest BCUT2D eigenvalue weighted by Gasteiger charge is 2.30. The molecule has 1 aliphatic rings. The zero-order chi connectivity index (χ0) is 23.2. The molecule has 0 radical (unpaired) electrons. The Morgan fingerprint density at radius 2 is 1.85 bits per heavy atom. The highest BCUT2D eigenvalue weighted by atomic mass is 79.9. The van der Waals surface area contributed by atoms with Crippen molar-refractivity contribution in [2.75, 3.05) is 10.8 Å². The van der Waals surface area contributed by atoms with E-state index in [-0.39, 0.29) is 4.90 Å². The maximum atomic E-state index is 13.2. The summed E-state index contributed by atoms with van der Waals surface area (Å²) in [5.41, 5.74) is 3.10. The number of benzene rings is 3. The molecular formula is C24H20BrN3O3S2. The summed E-state index contributed by atoms with van der Waals surface area (Å²) in [6.45, 7) is 3.10. The van der Waals surface area contributed by atoms with Crippen LogP contribution in [0.2, 0.25) is 0 Å². The van der Waals surface area contributed by atoms with Crippen molar-refractivity contribution in [1.82, 2.24) is 4.57 Å². The molecule has 1 amide bonds. The Labute approximate surface area is 204 Å². The van der Waals surface area contributed by atoms with Crippen LogP contribution in [-0.2, 0) is 23.0 Å². The molecule has 0 unspecified atom stereocenters. The Hall–Kier alpha value is -2.75. The average molecular weight is 542 g/mol. The minimum Gasteiger partial charge on any atom is -0.317 e. The largest absolute Gasteiger partial charge is 0.317 e. The fourth-order valence-electron chi connectivity index (χ4n) is 4.04. The quantitative estimate of drug-likeness (QED) is 0.365. The molecule has 6 nitrogen and oxygen atoms in total. The number of thiazole rings is 1. The molecule has 168 valence electrons. The monoisotopic (exact) mass is 541 g/mol. The molecule has 0 N–H and O–H groups in total. The normalized spacial score (nSPS) is 14.1. The fraction of sp³-hybridized carbons (Fsp3) is 0.167. The Kier molecular flexibility index (Phi) is 5.72. The van der Waals surface area contributed by atoms with Gasteiger partial charge in [0.05, 0.1) is 20.8 Å². The molecule has 0 saturated carbocycles. The minimum atomic E-state index is -3.70. The summed E-state index contributed by atoms with van der Waals surface area (Å²) in [5, 5.41) is 0. The maximum absolute atomic E-state index is 13.2. The van der Waals surface area contributed by atoms with Crippen molar-refractivity contribution in [2.24, 2.45) is 4.99 Å². The predicted molar refractivity (Wildman–Crippen MR) is 134 cm³/mol. The lowest BCUT2D eigenvalue weighted by atomic mass is 10.2. The van der Waals surface area contributed by atoms with E-state index < -0.39 is 15.9 Å². The van der Waals surface area contributed by atoms with Crippen molar-refractivity contribution in [3.8, 4) is 0 Å². The molecule has 0 atom stereocenters. The number of nitrogens with zero attached hydrogens (tertiary/aromatic N) is 3. The smallest absolute Gasteiger partial charge is 0.279 e. The summed E-state index contributed by atoms with van der Waals surface area (Å²) in [5.74, 6) is -0.404. The highest BCUT2D eigenvalue weighted by Crippen LogP contribution is 2.32. The van der Waals surface area contributed by atoms with E-state index >= 15 is 0 Å². The van der Waals surface area contributed by atoms with Crippen molar-refractivity contribution in [3.63, 3.8) is 0 Å². The fourth-order valence-corrected chi connectivity index (χ4v) is 7.19. The molecule has 0 aliphatic carbocycles. The van der Waals surface area contributed by atoms with Gasteiger partial charge in [-0.05, 0) is 67.4 Å². The number of fused-ring (bicyclic) bond motifs is 2. The molecule has 33 heavy (non-hydrogen) atoms. The third-order valence-corrected chi connectivity index (χ3v) is 9.05. The lowest BCUT2D eigenvalue weighted by molar-refractivity contribution is 0.0997. The minimum absolute atomic E-state index is 0.158. The van der Waals surface area contributed by atoms with E-state index in [1.165, 1.54) is 39.9 Å². The van der Waals surface area contributed by atoms with Gasteiger partial charge in [-0.15, -0.1) is 0 Å². The number of amides is 1. The van der Waals surface area contributed by atoms with Crippen molar-refractivity contribution in [2.45, 2.75) is 24.8 Å².